The molecule has 0 radical (unpaired) electrons. The SMILES string of the molecule is C=C/C=C/C[C@@H]1OC(C)(C)O[C@H]1C(=O)C=C. The Morgan fingerprint density at radius 1 is 1.38 bits per heavy atom. The summed E-state index contributed by atoms with van der Waals surface area (Å²) in [5.74, 6) is -0.849. The Bertz CT molecular complexity index is 315. The van der Waals surface area contributed by atoms with Gasteiger partial charge >= 0.3 is 0 Å². The highest BCUT2D eigenvalue weighted by molar-refractivity contribution is 5.93. The van der Waals surface area contributed by atoms with Crippen LogP contribution in [-0.4, -0.2) is 23.8 Å². The Balaban J connectivity index is 2.71. The summed E-state index contributed by atoms with van der Waals surface area (Å²) in [6, 6.07) is 0. The van der Waals surface area contributed by atoms with E-state index in [2.05, 4.69) is 13.2 Å². The lowest BCUT2D eigenvalue weighted by Crippen LogP contribution is -2.29. The minimum absolute atomic E-state index is 0.137. The monoisotopic (exact) mass is 222 g/mol. The van der Waals surface area contributed by atoms with Crippen LogP contribution in [0.15, 0.2) is 37.5 Å². The first-order chi connectivity index (χ1) is 7.50. The second kappa shape index (κ2) is 5.23. The van der Waals surface area contributed by atoms with Gasteiger partial charge in [0.1, 0.15) is 6.10 Å². The summed E-state index contributed by atoms with van der Waals surface area (Å²) in [6.45, 7) is 10.6. The molecule has 1 fully saturated rings. The van der Waals surface area contributed by atoms with Gasteiger partial charge in [-0.05, 0) is 26.3 Å². The van der Waals surface area contributed by atoms with Gasteiger partial charge in [0.25, 0.3) is 0 Å². The van der Waals surface area contributed by atoms with Crippen LogP contribution in [0.25, 0.3) is 0 Å². The quantitative estimate of drug-likeness (QED) is 0.529. The van der Waals surface area contributed by atoms with Crippen LogP contribution in [0.2, 0.25) is 0 Å². The molecule has 0 aliphatic carbocycles. The Morgan fingerprint density at radius 2 is 2.06 bits per heavy atom. The van der Waals surface area contributed by atoms with Crippen molar-refractivity contribution in [1.29, 1.82) is 0 Å². The van der Waals surface area contributed by atoms with Crippen molar-refractivity contribution in [3.63, 3.8) is 0 Å². The molecule has 1 saturated heterocycles. The van der Waals surface area contributed by atoms with Gasteiger partial charge in [0.05, 0.1) is 6.10 Å². The highest BCUT2D eigenvalue weighted by Gasteiger charge is 2.43. The molecule has 1 rings (SSSR count). The molecule has 0 aromatic heterocycles. The maximum Gasteiger partial charge on any atom is 0.186 e. The van der Waals surface area contributed by atoms with E-state index in [0.717, 1.165) is 0 Å². The van der Waals surface area contributed by atoms with E-state index < -0.39 is 11.9 Å². The zero-order valence-corrected chi connectivity index (χ0v) is 9.81. The van der Waals surface area contributed by atoms with E-state index >= 15 is 0 Å². The maximum absolute atomic E-state index is 11.6. The smallest absolute Gasteiger partial charge is 0.186 e. The topological polar surface area (TPSA) is 35.5 Å². The summed E-state index contributed by atoms with van der Waals surface area (Å²) < 4.78 is 11.2. The fraction of sp³-hybridized carbons (Fsp3) is 0.462. The van der Waals surface area contributed by atoms with Crippen LogP contribution < -0.4 is 0 Å². The van der Waals surface area contributed by atoms with Crippen LogP contribution in [0, 0.1) is 0 Å². The van der Waals surface area contributed by atoms with Crippen LogP contribution in [0.4, 0.5) is 0 Å². The number of allylic oxidation sites excluding steroid dienone is 2. The van der Waals surface area contributed by atoms with Gasteiger partial charge in [0.2, 0.25) is 0 Å². The predicted octanol–water partition coefficient (Wildman–Crippen LogP) is 2.39. The largest absolute Gasteiger partial charge is 0.344 e. The molecule has 3 heteroatoms. The van der Waals surface area contributed by atoms with Crippen molar-refractivity contribution < 1.29 is 14.3 Å². The van der Waals surface area contributed by atoms with Gasteiger partial charge < -0.3 is 9.47 Å². The zero-order valence-electron chi connectivity index (χ0n) is 9.81. The Hall–Kier alpha value is -1.19. The summed E-state index contributed by atoms with van der Waals surface area (Å²) >= 11 is 0. The number of rotatable bonds is 5. The van der Waals surface area contributed by atoms with Crippen LogP contribution in [0.1, 0.15) is 20.3 Å². The molecule has 0 unspecified atom stereocenters. The Morgan fingerprint density at radius 3 is 2.62 bits per heavy atom. The van der Waals surface area contributed by atoms with Gasteiger partial charge in [0, 0.05) is 0 Å². The lowest BCUT2D eigenvalue weighted by atomic mass is 10.1. The van der Waals surface area contributed by atoms with Gasteiger partial charge in [0.15, 0.2) is 11.6 Å². The Labute approximate surface area is 96.4 Å². The van der Waals surface area contributed by atoms with Crippen molar-refractivity contribution in [3.05, 3.63) is 37.5 Å². The molecule has 0 N–H and O–H groups in total. The van der Waals surface area contributed by atoms with Crippen LogP contribution in [0.5, 0.6) is 0 Å². The first-order valence-corrected chi connectivity index (χ1v) is 5.29. The number of hydrogen-bond donors (Lipinski definition) is 0. The van der Waals surface area contributed by atoms with E-state index in [4.69, 9.17) is 9.47 Å². The van der Waals surface area contributed by atoms with E-state index in [1.54, 1.807) is 19.9 Å². The first-order valence-electron chi connectivity index (χ1n) is 5.29. The molecule has 0 saturated carbocycles. The highest BCUT2D eigenvalue weighted by Crippen LogP contribution is 2.30. The van der Waals surface area contributed by atoms with Crippen molar-refractivity contribution in [1.82, 2.24) is 0 Å². The van der Waals surface area contributed by atoms with Gasteiger partial charge in [-0.1, -0.05) is 31.4 Å². The third-order valence-corrected chi connectivity index (χ3v) is 2.31. The summed E-state index contributed by atoms with van der Waals surface area (Å²) in [5.41, 5.74) is 0. The molecule has 2 atom stereocenters. The van der Waals surface area contributed by atoms with Crippen molar-refractivity contribution in [2.24, 2.45) is 0 Å². The molecule has 0 amide bonds. The lowest BCUT2D eigenvalue weighted by molar-refractivity contribution is -0.152. The summed E-state index contributed by atoms with van der Waals surface area (Å²) in [6.07, 6.45) is 6.51. The minimum atomic E-state index is -0.712. The van der Waals surface area contributed by atoms with E-state index in [0.29, 0.717) is 6.42 Å². The molecule has 3 nitrogen and oxygen atoms in total. The molecule has 0 spiro atoms. The molecule has 0 aromatic carbocycles. The number of hydrogen-bond acceptors (Lipinski definition) is 3. The highest BCUT2D eigenvalue weighted by atomic mass is 16.8. The van der Waals surface area contributed by atoms with Gasteiger partial charge in [-0.2, -0.15) is 0 Å². The minimum Gasteiger partial charge on any atom is -0.344 e. The standard InChI is InChI=1S/C13H18O3/c1-5-7-8-9-11-12(10(14)6-2)16-13(3,4)15-11/h5-8,11-12H,1-2,9H2,3-4H3/b8-7+/t11-,12-/m0/s1. The lowest BCUT2D eigenvalue weighted by Gasteiger charge is -2.16. The van der Waals surface area contributed by atoms with Crippen LogP contribution in [0.3, 0.4) is 0 Å². The van der Waals surface area contributed by atoms with E-state index in [1.165, 1.54) is 6.08 Å². The molecule has 88 valence electrons. The molecule has 1 aliphatic heterocycles. The summed E-state index contributed by atoms with van der Waals surface area (Å²) in [5, 5.41) is 0. The van der Waals surface area contributed by atoms with Gasteiger partial charge in [-0.3, -0.25) is 4.79 Å². The van der Waals surface area contributed by atoms with E-state index in [9.17, 15) is 4.79 Å². The average molecular weight is 222 g/mol. The fourth-order valence-electron chi connectivity index (χ4n) is 1.67. The molecule has 0 bridgehead atoms. The third kappa shape index (κ3) is 3.15. The second-order valence-corrected chi connectivity index (χ2v) is 4.10. The third-order valence-electron chi connectivity index (χ3n) is 2.31. The van der Waals surface area contributed by atoms with Crippen LogP contribution in [-0.2, 0) is 14.3 Å². The van der Waals surface area contributed by atoms with Crippen molar-refractivity contribution in [3.8, 4) is 0 Å². The molecule has 16 heavy (non-hydrogen) atoms. The summed E-state index contributed by atoms with van der Waals surface area (Å²) in [4.78, 5) is 11.6. The number of carbonyl (C=O) groups is 1. The van der Waals surface area contributed by atoms with E-state index in [1.807, 2.05) is 12.2 Å². The maximum atomic E-state index is 11.6. The average Bonchev–Trinajstić information content (AvgIpc) is 2.53. The first kappa shape index (κ1) is 12.9. The normalized spacial score (nSPS) is 28.1. The number of ketones is 1. The molecular weight excluding hydrogens is 204 g/mol. The zero-order chi connectivity index (χ0) is 12.2. The van der Waals surface area contributed by atoms with Gasteiger partial charge in [-0.25, -0.2) is 0 Å². The molecule has 0 aromatic rings. The second-order valence-electron chi connectivity index (χ2n) is 4.10. The van der Waals surface area contributed by atoms with E-state index in [-0.39, 0.29) is 11.9 Å². The molecular formula is C13H18O3. The number of ether oxygens (including phenoxy) is 2. The van der Waals surface area contributed by atoms with Gasteiger partial charge in [-0.15, -0.1) is 0 Å². The van der Waals surface area contributed by atoms with Crippen LogP contribution >= 0.6 is 0 Å². The van der Waals surface area contributed by atoms with Crippen molar-refractivity contribution >= 4 is 5.78 Å². The van der Waals surface area contributed by atoms with Crippen molar-refractivity contribution in [2.75, 3.05) is 0 Å². The Kier molecular flexibility index (Phi) is 4.21. The molecule has 1 aliphatic rings. The summed E-state index contributed by atoms with van der Waals surface area (Å²) in [7, 11) is 0. The number of carbonyl (C=O) groups excluding carboxylic acids is 1. The predicted molar refractivity (Wildman–Crippen MR) is 63.0 cm³/mol. The van der Waals surface area contributed by atoms with Crippen molar-refractivity contribution in [2.45, 2.75) is 38.3 Å². The fourth-order valence-corrected chi connectivity index (χ4v) is 1.67. The molecule has 1 heterocycles.